The van der Waals surface area contributed by atoms with Gasteiger partial charge in [-0.1, -0.05) is 13.3 Å². The van der Waals surface area contributed by atoms with Crippen LogP contribution in [0.25, 0.3) is 0 Å². The number of aryl methyl sites for hydroxylation is 2. The van der Waals surface area contributed by atoms with Gasteiger partial charge in [-0.05, 0) is 32.2 Å². The quantitative estimate of drug-likeness (QED) is 0.874. The summed E-state index contributed by atoms with van der Waals surface area (Å²) in [6.45, 7) is 4.67. The van der Waals surface area contributed by atoms with Crippen LogP contribution >= 0.6 is 0 Å². The lowest BCUT2D eigenvalue weighted by atomic mass is 10.0. The van der Waals surface area contributed by atoms with Crippen LogP contribution in [0.15, 0.2) is 11.2 Å². The second kappa shape index (κ2) is 5.83. The summed E-state index contributed by atoms with van der Waals surface area (Å²) in [6, 6.07) is 0.0114. The second-order valence-corrected chi connectivity index (χ2v) is 7.28. The Bertz CT molecular complexity index is 547. The van der Waals surface area contributed by atoms with Gasteiger partial charge in [-0.15, -0.1) is 0 Å². The van der Waals surface area contributed by atoms with E-state index in [1.807, 2.05) is 6.92 Å². The van der Waals surface area contributed by atoms with Crippen molar-refractivity contribution in [1.82, 2.24) is 13.9 Å². The largest absolute Gasteiger partial charge is 0.337 e. The zero-order chi connectivity index (χ0) is 14.9. The molecule has 1 aliphatic carbocycles. The van der Waals surface area contributed by atoms with E-state index in [1.54, 1.807) is 29.0 Å². The number of imidazole rings is 1. The van der Waals surface area contributed by atoms with Gasteiger partial charge in [-0.25, -0.2) is 13.4 Å². The average molecular weight is 300 g/mol. The molecule has 2 unspecified atom stereocenters. The smallest absolute Gasteiger partial charge is 0.262 e. The van der Waals surface area contributed by atoms with E-state index >= 15 is 0 Å². The van der Waals surface area contributed by atoms with Crippen LogP contribution < -0.4 is 5.73 Å². The van der Waals surface area contributed by atoms with Crippen LogP contribution in [0.5, 0.6) is 0 Å². The fraction of sp³-hybridized carbons (Fsp3) is 0.769. The molecule has 1 aromatic rings. The maximum absolute atomic E-state index is 12.8. The van der Waals surface area contributed by atoms with Gasteiger partial charge in [0.25, 0.3) is 10.0 Å². The van der Waals surface area contributed by atoms with Gasteiger partial charge in [0.05, 0.1) is 0 Å². The minimum atomic E-state index is -3.53. The van der Waals surface area contributed by atoms with Crippen molar-refractivity contribution in [3.05, 3.63) is 12.0 Å². The first-order valence-corrected chi connectivity index (χ1v) is 8.57. The zero-order valence-corrected chi connectivity index (χ0v) is 13.2. The molecule has 20 heavy (non-hydrogen) atoms. The molecule has 0 radical (unpaired) electrons. The van der Waals surface area contributed by atoms with Crippen molar-refractivity contribution in [2.75, 3.05) is 13.1 Å². The van der Waals surface area contributed by atoms with E-state index in [4.69, 9.17) is 5.73 Å². The van der Waals surface area contributed by atoms with Crippen molar-refractivity contribution in [1.29, 1.82) is 0 Å². The van der Waals surface area contributed by atoms with Crippen molar-refractivity contribution >= 4 is 10.0 Å². The summed E-state index contributed by atoms with van der Waals surface area (Å²) >= 11 is 0. The molecule has 0 amide bonds. The number of hydrogen-bond acceptors (Lipinski definition) is 4. The minimum absolute atomic E-state index is 0.0114. The molecule has 7 heteroatoms. The van der Waals surface area contributed by atoms with E-state index in [0.29, 0.717) is 18.9 Å². The lowest BCUT2D eigenvalue weighted by Crippen LogP contribution is -2.44. The highest BCUT2D eigenvalue weighted by Crippen LogP contribution is 2.32. The Morgan fingerprint density at radius 1 is 1.50 bits per heavy atom. The number of nitrogens with zero attached hydrogens (tertiary/aromatic N) is 3. The highest BCUT2D eigenvalue weighted by Gasteiger charge is 2.38. The van der Waals surface area contributed by atoms with Crippen LogP contribution in [-0.4, -0.2) is 41.4 Å². The van der Waals surface area contributed by atoms with Gasteiger partial charge in [0.2, 0.25) is 0 Å². The first-order chi connectivity index (χ1) is 9.41. The monoisotopic (exact) mass is 300 g/mol. The molecule has 1 heterocycles. The van der Waals surface area contributed by atoms with Crippen molar-refractivity contribution in [2.45, 2.75) is 44.2 Å². The number of nitrogens with two attached hydrogens (primary N) is 1. The Morgan fingerprint density at radius 2 is 2.20 bits per heavy atom. The molecular weight excluding hydrogens is 276 g/mol. The van der Waals surface area contributed by atoms with Gasteiger partial charge in [0.15, 0.2) is 5.03 Å². The summed E-state index contributed by atoms with van der Waals surface area (Å²) in [5.41, 5.74) is 5.79. The van der Waals surface area contributed by atoms with Crippen molar-refractivity contribution in [3.8, 4) is 0 Å². The van der Waals surface area contributed by atoms with E-state index in [9.17, 15) is 8.42 Å². The molecule has 2 N–H and O–H groups in total. The van der Waals surface area contributed by atoms with Crippen LogP contribution in [0, 0.1) is 12.8 Å². The molecular formula is C13H24N4O2S. The molecule has 0 spiro atoms. The molecule has 1 saturated carbocycles. The van der Waals surface area contributed by atoms with Gasteiger partial charge >= 0.3 is 0 Å². The SMILES string of the molecule is CCN(C1CCCC1CN)S(=O)(=O)c1cn(C)c(C)n1. The summed E-state index contributed by atoms with van der Waals surface area (Å²) in [5, 5.41) is 0.141. The van der Waals surface area contributed by atoms with Gasteiger partial charge < -0.3 is 10.3 Å². The molecule has 0 aliphatic heterocycles. The number of sulfonamides is 1. The highest BCUT2D eigenvalue weighted by atomic mass is 32.2. The molecule has 1 fully saturated rings. The molecule has 1 aromatic heterocycles. The summed E-state index contributed by atoms with van der Waals surface area (Å²) in [4.78, 5) is 4.18. The predicted molar refractivity (Wildman–Crippen MR) is 77.7 cm³/mol. The highest BCUT2D eigenvalue weighted by molar-refractivity contribution is 7.89. The fourth-order valence-corrected chi connectivity index (χ4v) is 4.78. The van der Waals surface area contributed by atoms with Crippen molar-refractivity contribution in [3.63, 3.8) is 0 Å². The standard InChI is InChI=1S/C13H24N4O2S/c1-4-17(12-7-5-6-11(12)8-14)20(18,19)13-9-16(3)10(2)15-13/h9,11-12H,4-8,14H2,1-3H3. The third-order valence-corrected chi connectivity index (χ3v) is 6.13. The molecule has 0 bridgehead atoms. The van der Waals surface area contributed by atoms with Gasteiger partial charge in [0.1, 0.15) is 5.82 Å². The molecule has 2 rings (SSSR count). The Labute approximate surface area is 121 Å². The Hall–Kier alpha value is -0.920. The topological polar surface area (TPSA) is 81.2 Å². The Balaban J connectivity index is 2.34. The molecule has 2 atom stereocenters. The van der Waals surface area contributed by atoms with Crippen LogP contribution in [0.2, 0.25) is 0 Å². The maximum atomic E-state index is 12.8. The Kier molecular flexibility index (Phi) is 4.51. The number of rotatable bonds is 5. The Morgan fingerprint density at radius 3 is 2.70 bits per heavy atom. The first kappa shape index (κ1) is 15.5. The third kappa shape index (κ3) is 2.62. The zero-order valence-electron chi connectivity index (χ0n) is 12.4. The third-order valence-electron chi connectivity index (χ3n) is 4.26. The summed E-state index contributed by atoms with van der Waals surface area (Å²) in [6.07, 6.45) is 4.52. The maximum Gasteiger partial charge on any atom is 0.262 e. The van der Waals surface area contributed by atoms with E-state index in [1.165, 1.54) is 0 Å². The second-order valence-electron chi connectivity index (χ2n) is 5.44. The van der Waals surface area contributed by atoms with Gasteiger partial charge in [-0.3, -0.25) is 0 Å². The average Bonchev–Trinajstić information content (AvgIpc) is 2.98. The van der Waals surface area contributed by atoms with E-state index in [0.717, 1.165) is 19.3 Å². The van der Waals surface area contributed by atoms with Crippen LogP contribution in [0.4, 0.5) is 0 Å². The van der Waals surface area contributed by atoms with E-state index < -0.39 is 10.0 Å². The van der Waals surface area contributed by atoms with E-state index in [-0.39, 0.29) is 17.0 Å². The molecule has 1 aliphatic rings. The summed E-state index contributed by atoms with van der Waals surface area (Å²) < 4.78 is 28.9. The van der Waals surface area contributed by atoms with Crippen LogP contribution in [0.1, 0.15) is 32.0 Å². The predicted octanol–water partition coefficient (Wildman–Crippen LogP) is 0.867. The van der Waals surface area contributed by atoms with Crippen LogP contribution in [-0.2, 0) is 17.1 Å². The lowest BCUT2D eigenvalue weighted by Gasteiger charge is -2.30. The van der Waals surface area contributed by atoms with Gasteiger partial charge in [-0.2, -0.15) is 4.31 Å². The molecule has 0 saturated heterocycles. The van der Waals surface area contributed by atoms with Gasteiger partial charge in [0, 0.05) is 25.8 Å². The first-order valence-electron chi connectivity index (χ1n) is 7.13. The normalized spacial score (nSPS) is 23.6. The fourth-order valence-electron chi connectivity index (χ4n) is 3.02. The van der Waals surface area contributed by atoms with Crippen molar-refractivity contribution in [2.24, 2.45) is 18.7 Å². The summed E-state index contributed by atoms with van der Waals surface area (Å²) in [7, 11) is -1.73. The summed E-state index contributed by atoms with van der Waals surface area (Å²) in [5.74, 6) is 0.955. The van der Waals surface area contributed by atoms with E-state index in [2.05, 4.69) is 4.98 Å². The van der Waals surface area contributed by atoms with Crippen LogP contribution in [0.3, 0.4) is 0 Å². The molecule has 6 nitrogen and oxygen atoms in total. The number of hydrogen-bond donors (Lipinski definition) is 1. The number of aromatic nitrogens is 2. The molecule has 114 valence electrons. The van der Waals surface area contributed by atoms with Crippen molar-refractivity contribution < 1.29 is 8.42 Å². The minimum Gasteiger partial charge on any atom is -0.337 e. The lowest BCUT2D eigenvalue weighted by molar-refractivity contribution is 0.275. The molecule has 0 aromatic carbocycles.